The van der Waals surface area contributed by atoms with E-state index in [1.165, 1.54) is 6.21 Å². The Hall–Kier alpha value is -2.11. The van der Waals surface area contributed by atoms with Crippen molar-refractivity contribution in [2.24, 2.45) is 5.10 Å². The van der Waals surface area contributed by atoms with Gasteiger partial charge in [0.2, 0.25) is 0 Å². The van der Waals surface area contributed by atoms with Gasteiger partial charge >= 0.3 is 0 Å². The summed E-state index contributed by atoms with van der Waals surface area (Å²) in [5.74, 6) is -0.0678. The first kappa shape index (κ1) is 15.3. The number of hydrogen-bond donors (Lipinski definition) is 1. The predicted molar refractivity (Wildman–Crippen MR) is 81.9 cm³/mol. The van der Waals surface area contributed by atoms with Crippen molar-refractivity contribution in [1.29, 1.82) is 0 Å². The highest BCUT2D eigenvalue weighted by Gasteiger charge is 2.07. The molecule has 0 aliphatic carbocycles. The normalized spacial score (nSPS) is 10.6. The summed E-state index contributed by atoms with van der Waals surface area (Å²) in [6.07, 6.45) is 4.76. The first-order valence-electron chi connectivity index (χ1n) is 5.95. The fourth-order valence-electron chi connectivity index (χ4n) is 1.40. The molecule has 0 saturated heterocycles. The second-order valence-electron chi connectivity index (χ2n) is 3.92. The average Bonchev–Trinajstić information content (AvgIpc) is 2.50. The van der Waals surface area contributed by atoms with Crippen molar-refractivity contribution in [2.75, 3.05) is 6.61 Å². The molecule has 1 amide bonds. The van der Waals surface area contributed by atoms with Crippen LogP contribution in [0.5, 0.6) is 5.75 Å². The van der Waals surface area contributed by atoms with Gasteiger partial charge in [-0.2, -0.15) is 5.10 Å². The third-order valence-electron chi connectivity index (χ3n) is 2.36. The number of aromatic nitrogens is 1. The van der Waals surface area contributed by atoms with Gasteiger partial charge in [0, 0.05) is 18.0 Å². The molecule has 1 N–H and O–H groups in total. The van der Waals surface area contributed by atoms with Gasteiger partial charge in [-0.3, -0.25) is 9.78 Å². The number of benzene rings is 1. The molecule has 0 saturated carbocycles. The molecule has 21 heavy (non-hydrogen) atoms. The third-order valence-corrected chi connectivity index (χ3v) is 3.16. The summed E-state index contributed by atoms with van der Waals surface area (Å²) < 4.78 is 5.27. The van der Waals surface area contributed by atoms with E-state index in [1.54, 1.807) is 36.7 Å². The first-order chi connectivity index (χ1) is 10.2. The zero-order chi connectivity index (χ0) is 15.1. The van der Waals surface area contributed by atoms with Gasteiger partial charge in [-0.15, -0.1) is 0 Å². The maximum absolute atomic E-state index is 11.6. The van der Waals surface area contributed by atoms with E-state index in [9.17, 15) is 4.79 Å². The van der Waals surface area contributed by atoms with Crippen LogP contribution in [-0.2, 0) is 4.79 Å². The van der Waals surface area contributed by atoms with Gasteiger partial charge in [0.1, 0.15) is 10.8 Å². The smallest absolute Gasteiger partial charge is 0.277 e. The molecule has 5 nitrogen and oxygen atoms in total. The zero-order valence-corrected chi connectivity index (χ0v) is 12.3. The maximum atomic E-state index is 11.6. The minimum Gasteiger partial charge on any atom is -0.482 e. The van der Waals surface area contributed by atoms with Crippen LogP contribution in [0.15, 0.2) is 47.8 Å². The first-order valence-corrected chi connectivity index (χ1v) is 6.71. The molecule has 0 fully saturated rings. The Morgan fingerprint density at radius 1 is 1.33 bits per heavy atom. The maximum Gasteiger partial charge on any atom is 0.277 e. The van der Waals surface area contributed by atoms with E-state index in [1.807, 2.05) is 6.07 Å². The molecule has 0 unspecified atom stereocenters. The summed E-state index contributed by atoms with van der Waals surface area (Å²) >= 11 is 11.8. The van der Waals surface area contributed by atoms with Gasteiger partial charge in [0.25, 0.3) is 5.91 Å². The van der Waals surface area contributed by atoms with Crippen LogP contribution < -0.4 is 10.2 Å². The number of rotatable bonds is 5. The minimum atomic E-state index is -0.411. The molecule has 7 heteroatoms. The van der Waals surface area contributed by atoms with Crippen LogP contribution in [0.25, 0.3) is 0 Å². The van der Waals surface area contributed by atoms with Gasteiger partial charge in [0.05, 0.1) is 11.2 Å². The van der Waals surface area contributed by atoms with Crippen molar-refractivity contribution in [3.63, 3.8) is 0 Å². The fourth-order valence-corrected chi connectivity index (χ4v) is 1.75. The number of nitrogens with zero attached hydrogens (tertiary/aromatic N) is 2. The number of carbonyl (C=O) groups excluding carboxylic acids is 1. The summed E-state index contributed by atoms with van der Waals surface area (Å²) in [4.78, 5) is 15.5. The SMILES string of the molecule is O=C(COc1cccc(Cl)c1Cl)N/N=C\c1cccnc1. The zero-order valence-electron chi connectivity index (χ0n) is 10.8. The van der Waals surface area contributed by atoms with Gasteiger partial charge in [-0.05, 0) is 18.2 Å². The predicted octanol–water partition coefficient (Wildman–Crippen LogP) is 2.92. The largest absolute Gasteiger partial charge is 0.482 e. The molecule has 1 aromatic heterocycles. The lowest BCUT2D eigenvalue weighted by Gasteiger charge is -2.07. The van der Waals surface area contributed by atoms with Crippen LogP contribution in [0.2, 0.25) is 10.0 Å². The number of pyridine rings is 1. The van der Waals surface area contributed by atoms with Gasteiger partial charge < -0.3 is 4.74 Å². The van der Waals surface area contributed by atoms with Crippen molar-refractivity contribution in [3.8, 4) is 5.75 Å². The lowest BCUT2D eigenvalue weighted by molar-refractivity contribution is -0.123. The quantitative estimate of drug-likeness (QED) is 0.679. The second kappa shape index (κ2) is 7.61. The van der Waals surface area contributed by atoms with Gasteiger partial charge in [0.15, 0.2) is 6.61 Å². The lowest BCUT2D eigenvalue weighted by atomic mass is 10.3. The molecule has 0 atom stereocenters. The van der Waals surface area contributed by atoms with Crippen molar-refractivity contribution < 1.29 is 9.53 Å². The van der Waals surface area contributed by atoms with Crippen molar-refractivity contribution in [3.05, 3.63) is 58.3 Å². The van der Waals surface area contributed by atoms with E-state index in [0.29, 0.717) is 10.8 Å². The van der Waals surface area contributed by atoms with Crippen LogP contribution in [0.1, 0.15) is 5.56 Å². The Bertz CT molecular complexity index is 648. The summed E-state index contributed by atoms with van der Waals surface area (Å²) in [7, 11) is 0. The summed E-state index contributed by atoms with van der Waals surface area (Å²) in [6, 6.07) is 8.52. The molecule has 2 aromatic rings. The number of carbonyl (C=O) groups is 1. The number of hydrazone groups is 1. The second-order valence-corrected chi connectivity index (χ2v) is 4.71. The molecule has 0 aliphatic rings. The third kappa shape index (κ3) is 4.73. The van der Waals surface area contributed by atoms with Crippen molar-refractivity contribution >= 4 is 35.3 Å². The Morgan fingerprint density at radius 2 is 2.19 bits per heavy atom. The number of hydrogen-bond acceptors (Lipinski definition) is 4. The van der Waals surface area contributed by atoms with Crippen LogP contribution >= 0.6 is 23.2 Å². The highest BCUT2D eigenvalue weighted by Crippen LogP contribution is 2.31. The molecular weight excluding hydrogens is 313 g/mol. The summed E-state index contributed by atoms with van der Waals surface area (Å²) in [6.45, 7) is -0.218. The Labute approximate surface area is 131 Å². The number of halogens is 2. The molecule has 2 rings (SSSR count). The van der Waals surface area contributed by atoms with Gasteiger partial charge in [-0.25, -0.2) is 5.43 Å². The standard InChI is InChI=1S/C14H11Cl2N3O2/c15-11-4-1-5-12(14(11)16)21-9-13(20)19-18-8-10-3-2-6-17-7-10/h1-8H,9H2,(H,19,20)/b18-8-. The molecule has 0 bridgehead atoms. The molecule has 1 heterocycles. The average molecular weight is 324 g/mol. The molecule has 0 spiro atoms. The van der Waals surface area contributed by atoms with E-state index < -0.39 is 5.91 Å². The lowest BCUT2D eigenvalue weighted by Crippen LogP contribution is -2.24. The Kier molecular flexibility index (Phi) is 5.54. The van der Waals surface area contributed by atoms with E-state index in [4.69, 9.17) is 27.9 Å². The van der Waals surface area contributed by atoms with Crippen LogP contribution in [-0.4, -0.2) is 23.7 Å². The minimum absolute atomic E-state index is 0.218. The molecule has 1 aromatic carbocycles. The number of nitrogens with one attached hydrogen (secondary N) is 1. The Morgan fingerprint density at radius 3 is 2.95 bits per heavy atom. The van der Waals surface area contributed by atoms with Crippen molar-refractivity contribution in [2.45, 2.75) is 0 Å². The number of amides is 1. The van der Waals surface area contributed by atoms with E-state index in [0.717, 1.165) is 5.56 Å². The van der Waals surface area contributed by atoms with Crippen LogP contribution in [0.4, 0.5) is 0 Å². The topological polar surface area (TPSA) is 63.6 Å². The summed E-state index contributed by atoms with van der Waals surface area (Å²) in [5.41, 5.74) is 3.11. The van der Waals surface area contributed by atoms with E-state index >= 15 is 0 Å². The van der Waals surface area contributed by atoms with Crippen LogP contribution in [0, 0.1) is 0 Å². The Balaban J connectivity index is 1.83. The summed E-state index contributed by atoms with van der Waals surface area (Å²) in [5, 5.41) is 4.42. The van der Waals surface area contributed by atoms with Crippen molar-refractivity contribution in [1.82, 2.24) is 10.4 Å². The highest BCUT2D eigenvalue weighted by atomic mass is 35.5. The fraction of sp³-hybridized carbons (Fsp3) is 0.0714. The molecule has 0 radical (unpaired) electrons. The molecule has 108 valence electrons. The molecule has 0 aliphatic heterocycles. The van der Waals surface area contributed by atoms with E-state index in [-0.39, 0.29) is 11.6 Å². The van der Waals surface area contributed by atoms with E-state index in [2.05, 4.69) is 15.5 Å². The monoisotopic (exact) mass is 323 g/mol. The van der Waals surface area contributed by atoms with Gasteiger partial charge in [-0.1, -0.05) is 35.3 Å². The number of ether oxygens (including phenoxy) is 1. The molecular formula is C14H11Cl2N3O2. The highest BCUT2D eigenvalue weighted by molar-refractivity contribution is 6.42. The van der Waals surface area contributed by atoms with Crippen LogP contribution in [0.3, 0.4) is 0 Å².